The van der Waals surface area contributed by atoms with Gasteiger partial charge in [-0.1, -0.05) is 30.3 Å². The smallest absolute Gasteiger partial charge is 0.248 e. The summed E-state index contributed by atoms with van der Waals surface area (Å²) in [6.07, 6.45) is 1.52. The lowest BCUT2D eigenvalue weighted by Gasteiger charge is -2.27. The van der Waals surface area contributed by atoms with Crippen molar-refractivity contribution in [1.29, 1.82) is 0 Å². The Bertz CT molecular complexity index is 691. The number of nitrogens with zero attached hydrogens (tertiary/aromatic N) is 5. The van der Waals surface area contributed by atoms with E-state index in [-0.39, 0.29) is 24.4 Å². The minimum absolute atomic E-state index is 0. The number of amides is 1. The van der Waals surface area contributed by atoms with Crippen molar-refractivity contribution in [3.05, 3.63) is 41.7 Å². The largest absolute Gasteiger partial charge is 0.338 e. The molecule has 1 aromatic heterocycles. The van der Waals surface area contributed by atoms with Crippen LogP contribution in [-0.4, -0.2) is 50.1 Å². The van der Waals surface area contributed by atoms with Crippen LogP contribution in [0.25, 0.3) is 0 Å². The lowest BCUT2D eigenvalue weighted by atomic mass is 10.0. The number of hydrogen-bond acceptors (Lipinski definition) is 5. The summed E-state index contributed by atoms with van der Waals surface area (Å²) in [4.78, 5) is 15.2. The Morgan fingerprint density at radius 2 is 2.08 bits per heavy atom. The topological polar surface area (TPSA) is 89.9 Å². The molecule has 2 heterocycles. The summed E-state index contributed by atoms with van der Waals surface area (Å²) in [5.74, 6) is 1.08. The molecule has 25 heavy (non-hydrogen) atoms. The van der Waals surface area contributed by atoms with E-state index >= 15 is 0 Å². The fourth-order valence-corrected chi connectivity index (χ4v) is 3.45. The van der Waals surface area contributed by atoms with Crippen molar-refractivity contribution in [3.63, 3.8) is 0 Å². The molecule has 1 aliphatic rings. The van der Waals surface area contributed by atoms with Crippen molar-refractivity contribution in [2.45, 2.75) is 38.8 Å². The van der Waals surface area contributed by atoms with Gasteiger partial charge in [-0.15, -0.1) is 17.5 Å². The van der Waals surface area contributed by atoms with Gasteiger partial charge in [-0.05, 0) is 48.7 Å². The number of benzene rings is 1. The lowest BCUT2D eigenvalue weighted by Crippen LogP contribution is -2.41. The van der Waals surface area contributed by atoms with E-state index in [2.05, 4.69) is 22.4 Å². The Balaban J connectivity index is 0.00000225. The number of tetrazole rings is 1. The van der Waals surface area contributed by atoms with Crippen LogP contribution in [0.1, 0.15) is 30.8 Å². The van der Waals surface area contributed by atoms with E-state index in [1.165, 1.54) is 0 Å². The van der Waals surface area contributed by atoms with Crippen LogP contribution in [-0.2, 0) is 11.2 Å². The van der Waals surface area contributed by atoms with E-state index in [9.17, 15) is 4.79 Å². The van der Waals surface area contributed by atoms with Gasteiger partial charge in [-0.25, -0.2) is 4.68 Å². The first kappa shape index (κ1) is 19.3. The van der Waals surface area contributed by atoms with Gasteiger partial charge in [0.05, 0.1) is 0 Å². The average molecular weight is 365 g/mol. The van der Waals surface area contributed by atoms with Crippen LogP contribution in [0.4, 0.5) is 0 Å². The zero-order valence-corrected chi connectivity index (χ0v) is 15.4. The van der Waals surface area contributed by atoms with Crippen LogP contribution in [0.5, 0.6) is 0 Å². The highest BCUT2D eigenvalue weighted by molar-refractivity contribution is 5.85. The van der Waals surface area contributed by atoms with Crippen molar-refractivity contribution in [2.75, 3.05) is 13.1 Å². The van der Waals surface area contributed by atoms with E-state index in [0.29, 0.717) is 31.3 Å². The molecule has 8 heteroatoms. The molecule has 0 saturated carbocycles. The quantitative estimate of drug-likeness (QED) is 0.865. The minimum Gasteiger partial charge on any atom is -0.338 e. The third-order valence-electron chi connectivity index (χ3n) is 4.79. The molecule has 3 rings (SSSR count). The minimum atomic E-state index is -0.429. The van der Waals surface area contributed by atoms with Gasteiger partial charge in [-0.3, -0.25) is 4.79 Å². The van der Waals surface area contributed by atoms with Gasteiger partial charge >= 0.3 is 0 Å². The fraction of sp³-hybridized carbons (Fsp3) is 0.529. The first-order chi connectivity index (χ1) is 11.6. The average Bonchev–Trinajstić information content (AvgIpc) is 3.18. The summed E-state index contributed by atoms with van der Waals surface area (Å²) in [6, 6.07) is 9.74. The number of halogens is 1. The molecule has 1 aliphatic heterocycles. The normalized spacial score (nSPS) is 21.0. The maximum atomic E-state index is 13.2. The number of likely N-dealkylation sites (tertiary alicyclic amines) is 1. The van der Waals surface area contributed by atoms with Crippen LogP contribution in [0.2, 0.25) is 0 Å². The molecular formula is C17H25ClN6O. The molecule has 0 bridgehead atoms. The maximum Gasteiger partial charge on any atom is 0.248 e. The van der Waals surface area contributed by atoms with E-state index < -0.39 is 6.04 Å². The summed E-state index contributed by atoms with van der Waals surface area (Å²) in [6.45, 7) is 5.23. The number of rotatable bonds is 5. The van der Waals surface area contributed by atoms with Gasteiger partial charge in [0.1, 0.15) is 11.9 Å². The lowest BCUT2D eigenvalue weighted by molar-refractivity contribution is -0.135. The molecule has 1 fully saturated rings. The molecule has 1 saturated heterocycles. The molecule has 3 atom stereocenters. The van der Waals surface area contributed by atoms with Gasteiger partial charge in [0.2, 0.25) is 5.91 Å². The van der Waals surface area contributed by atoms with Crippen LogP contribution in [0, 0.1) is 12.8 Å². The molecule has 0 radical (unpaired) electrons. The number of nitrogens with two attached hydrogens (primary N) is 1. The second kappa shape index (κ2) is 8.40. The molecule has 7 nitrogen and oxygen atoms in total. The Kier molecular flexibility index (Phi) is 6.50. The zero-order valence-electron chi connectivity index (χ0n) is 14.6. The first-order valence-electron chi connectivity index (χ1n) is 8.39. The number of carbonyl (C=O) groups is 1. The Morgan fingerprint density at radius 3 is 2.64 bits per heavy atom. The molecule has 0 aliphatic carbocycles. The fourth-order valence-electron chi connectivity index (χ4n) is 3.45. The summed E-state index contributed by atoms with van der Waals surface area (Å²) < 4.78 is 1.64. The number of aryl methyl sites for hydroxylation is 1. The summed E-state index contributed by atoms with van der Waals surface area (Å²) >= 11 is 0. The third kappa shape index (κ3) is 4.16. The number of aromatic nitrogens is 4. The van der Waals surface area contributed by atoms with Crippen LogP contribution < -0.4 is 5.73 Å². The molecule has 3 unspecified atom stereocenters. The van der Waals surface area contributed by atoms with Crippen molar-refractivity contribution < 1.29 is 4.79 Å². The second-order valence-electron chi connectivity index (χ2n) is 6.55. The first-order valence-corrected chi connectivity index (χ1v) is 8.39. The van der Waals surface area contributed by atoms with Crippen LogP contribution >= 0.6 is 12.4 Å². The highest BCUT2D eigenvalue weighted by Crippen LogP contribution is 2.27. The molecular weight excluding hydrogens is 340 g/mol. The molecule has 2 aromatic rings. The predicted molar refractivity (Wildman–Crippen MR) is 97.3 cm³/mol. The number of carbonyl (C=O) groups excluding carboxylic acids is 1. The van der Waals surface area contributed by atoms with Gasteiger partial charge in [0.25, 0.3) is 0 Å². The third-order valence-corrected chi connectivity index (χ3v) is 4.79. The van der Waals surface area contributed by atoms with E-state index in [1.54, 1.807) is 4.68 Å². The number of hydrogen-bond donors (Lipinski definition) is 1. The highest BCUT2D eigenvalue weighted by Gasteiger charge is 2.36. The molecule has 136 valence electrons. The van der Waals surface area contributed by atoms with Crippen LogP contribution in [0.15, 0.2) is 30.3 Å². The van der Waals surface area contributed by atoms with Crippen molar-refractivity contribution in [1.82, 2.24) is 25.1 Å². The predicted octanol–water partition coefficient (Wildman–Crippen LogP) is 1.38. The Labute approximate surface area is 154 Å². The van der Waals surface area contributed by atoms with Gasteiger partial charge in [0, 0.05) is 19.0 Å². The Morgan fingerprint density at radius 1 is 1.36 bits per heavy atom. The summed E-state index contributed by atoms with van der Waals surface area (Å²) in [7, 11) is 0. The standard InChI is InChI=1S/C17H24N6O.ClH/c1-12-8-15(10-18)11-22(12)17(24)16(23-13(2)19-20-21-23)9-14-6-4-3-5-7-14;/h3-7,12,15-16H,8-11,18H2,1-2H3;1H. The SMILES string of the molecule is Cc1nnnn1C(Cc1ccccc1)C(=O)N1CC(CN)CC1C.Cl. The van der Waals surface area contributed by atoms with Gasteiger partial charge in [0.15, 0.2) is 0 Å². The second-order valence-corrected chi connectivity index (χ2v) is 6.55. The van der Waals surface area contributed by atoms with Crippen molar-refractivity contribution in [3.8, 4) is 0 Å². The van der Waals surface area contributed by atoms with E-state index in [0.717, 1.165) is 12.0 Å². The van der Waals surface area contributed by atoms with Crippen molar-refractivity contribution >= 4 is 18.3 Å². The van der Waals surface area contributed by atoms with E-state index in [4.69, 9.17) is 5.73 Å². The summed E-state index contributed by atoms with van der Waals surface area (Å²) in [5.41, 5.74) is 6.89. The van der Waals surface area contributed by atoms with Crippen molar-refractivity contribution in [2.24, 2.45) is 11.7 Å². The Hall–Kier alpha value is -1.99. The van der Waals surface area contributed by atoms with E-state index in [1.807, 2.05) is 42.2 Å². The van der Waals surface area contributed by atoms with Gasteiger partial charge < -0.3 is 10.6 Å². The zero-order chi connectivity index (χ0) is 17.1. The molecule has 2 N–H and O–H groups in total. The van der Waals surface area contributed by atoms with Gasteiger partial charge in [-0.2, -0.15) is 0 Å². The summed E-state index contributed by atoms with van der Waals surface area (Å²) in [5, 5.41) is 11.7. The molecule has 1 amide bonds. The maximum absolute atomic E-state index is 13.2. The monoisotopic (exact) mass is 364 g/mol. The van der Waals surface area contributed by atoms with Crippen LogP contribution in [0.3, 0.4) is 0 Å². The highest BCUT2D eigenvalue weighted by atomic mass is 35.5. The molecule has 0 spiro atoms. The molecule has 1 aromatic carbocycles.